The quantitative estimate of drug-likeness (QED) is 0.359. The molecule has 8 heteroatoms. The van der Waals surface area contributed by atoms with E-state index in [4.69, 9.17) is 4.74 Å². The van der Waals surface area contributed by atoms with Gasteiger partial charge in [0.15, 0.2) is 0 Å². The number of nitrogens with one attached hydrogen (secondary N) is 2. The summed E-state index contributed by atoms with van der Waals surface area (Å²) in [6.45, 7) is 7.54. The van der Waals surface area contributed by atoms with Crippen molar-refractivity contribution in [3.8, 4) is 5.75 Å². The van der Waals surface area contributed by atoms with Gasteiger partial charge in [0.25, 0.3) is 10.0 Å². The lowest BCUT2D eigenvalue weighted by Crippen LogP contribution is -2.32. The maximum atomic E-state index is 12.7. The van der Waals surface area contributed by atoms with E-state index in [9.17, 15) is 13.5 Å². The summed E-state index contributed by atoms with van der Waals surface area (Å²) >= 11 is 0. The molecule has 0 radical (unpaired) electrons. The number of ether oxygens (including phenoxy) is 1. The lowest BCUT2D eigenvalue weighted by atomic mass is 9.87. The Morgan fingerprint density at radius 3 is 2.35 bits per heavy atom. The third-order valence-corrected chi connectivity index (χ3v) is 6.68. The minimum atomic E-state index is -3.65. The first-order valence-corrected chi connectivity index (χ1v) is 12.8. The van der Waals surface area contributed by atoms with E-state index in [0.29, 0.717) is 24.5 Å². The van der Waals surface area contributed by atoms with Crippen molar-refractivity contribution >= 4 is 15.7 Å². The molecule has 1 heterocycles. The van der Waals surface area contributed by atoms with E-state index in [0.717, 1.165) is 17.5 Å². The molecule has 0 aliphatic rings. The number of nitrogens with zero attached hydrogens (tertiary/aromatic N) is 1. The fourth-order valence-corrected chi connectivity index (χ4v) is 4.33. The Bertz CT molecular complexity index is 1130. The van der Waals surface area contributed by atoms with Gasteiger partial charge < -0.3 is 15.2 Å². The zero-order valence-corrected chi connectivity index (χ0v) is 20.7. The number of aromatic nitrogens is 1. The summed E-state index contributed by atoms with van der Waals surface area (Å²) in [5.41, 5.74) is 2.62. The highest BCUT2D eigenvalue weighted by atomic mass is 32.2. The van der Waals surface area contributed by atoms with Gasteiger partial charge >= 0.3 is 0 Å². The predicted molar refractivity (Wildman–Crippen MR) is 135 cm³/mol. The monoisotopic (exact) mass is 483 g/mol. The zero-order chi connectivity index (χ0) is 24.6. The minimum Gasteiger partial charge on any atom is -0.489 e. The van der Waals surface area contributed by atoms with Gasteiger partial charge in [-0.05, 0) is 65.9 Å². The number of hydrogen-bond donors (Lipinski definition) is 3. The molecule has 0 amide bonds. The van der Waals surface area contributed by atoms with Crippen molar-refractivity contribution in [2.45, 2.75) is 43.6 Å². The largest absolute Gasteiger partial charge is 0.489 e. The van der Waals surface area contributed by atoms with Crippen molar-refractivity contribution in [3.05, 3.63) is 84.2 Å². The standard InChI is InChI=1S/C26H33N3O4S/c1-26(2,3)21-8-12-25(13-9-21)34(31,32)29-22-10-6-20(7-11-22)14-16-28-17-23(30)19-33-24-5-4-15-27-18-24/h4-13,15,18,23,28-30H,14,16-17,19H2,1-3H3. The number of hydrogen-bond acceptors (Lipinski definition) is 6. The summed E-state index contributed by atoms with van der Waals surface area (Å²) in [7, 11) is -3.65. The van der Waals surface area contributed by atoms with Crippen molar-refractivity contribution in [1.82, 2.24) is 10.3 Å². The van der Waals surface area contributed by atoms with Gasteiger partial charge in [-0.2, -0.15) is 0 Å². The van der Waals surface area contributed by atoms with Gasteiger partial charge in [-0.25, -0.2) is 8.42 Å². The molecular formula is C26H33N3O4S. The molecular weight excluding hydrogens is 450 g/mol. The average molecular weight is 484 g/mol. The Morgan fingerprint density at radius 2 is 1.74 bits per heavy atom. The van der Waals surface area contributed by atoms with Crippen LogP contribution in [0.2, 0.25) is 0 Å². The molecule has 0 aliphatic heterocycles. The number of sulfonamides is 1. The highest BCUT2D eigenvalue weighted by molar-refractivity contribution is 7.92. The van der Waals surface area contributed by atoms with Gasteiger partial charge in [-0.1, -0.05) is 45.0 Å². The lowest BCUT2D eigenvalue weighted by Gasteiger charge is -2.19. The summed E-state index contributed by atoms with van der Waals surface area (Å²) in [6.07, 6.45) is 3.39. The van der Waals surface area contributed by atoms with Gasteiger partial charge in [-0.15, -0.1) is 0 Å². The molecule has 34 heavy (non-hydrogen) atoms. The highest BCUT2D eigenvalue weighted by Crippen LogP contribution is 2.24. The van der Waals surface area contributed by atoms with Crippen LogP contribution in [-0.4, -0.2) is 44.3 Å². The normalized spacial score (nSPS) is 12.8. The minimum absolute atomic E-state index is 0.0356. The molecule has 3 aromatic rings. The molecule has 3 rings (SSSR count). The zero-order valence-electron chi connectivity index (χ0n) is 19.9. The Labute approximate surface area is 202 Å². The van der Waals surface area contributed by atoms with Crippen LogP contribution in [0.5, 0.6) is 5.75 Å². The molecule has 0 bridgehead atoms. The third kappa shape index (κ3) is 7.83. The lowest BCUT2D eigenvalue weighted by molar-refractivity contribution is 0.106. The number of benzene rings is 2. The van der Waals surface area contributed by atoms with Gasteiger partial charge in [0.05, 0.1) is 11.1 Å². The second-order valence-corrected chi connectivity index (χ2v) is 10.9. The first kappa shape index (κ1) is 25.7. The smallest absolute Gasteiger partial charge is 0.261 e. The van der Waals surface area contributed by atoms with E-state index in [2.05, 4.69) is 35.8 Å². The maximum absolute atomic E-state index is 12.7. The molecule has 0 saturated carbocycles. The third-order valence-electron chi connectivity index (χ3n) is 5.28. The van der Waals surface area contributed by atoms with Crippen LogP contribution >= 0.6 is 0 Å². The molecule has 182 valence electrons. The number of anilines is 1. The summed E-state index contributed by atoms with van der Waals surface area (Å²) in [5, 5.41) is 13.2. The van der Waals surface area contributed by atoms with E-state index >= 15 is 0 Å². The Kier molecular flexibility index (Phi) is 8.66. The number of pyridine rings is 1. The Morgan fingerprint density at radius 1 is 1.03 bits per heavy atom. The fraction of sp³-hybridized carbons (Fsp3) is 0.346. The Hall–Kier alpha value is -2.94. The molecule has 2 aromatic carbocycles. The molecule has 0 aliphatic carbocycles. The molecule has 0 fully saturated rings. The first-order valence-electron chi connectivity index (χ1n) is 11.3. The topological polar surface area (TPSA) is 101 Å². The number of aliphatic hydroxyl groups is 1. The molecule has 0 spiro atoms. The summed E-state index contributed by atoms with van der Waals surface area (Å²) in [4.78, 5) is 4.20. The molecule has 1 unspecified atom stereocenters. The van der Waals surface area contributed by atoms with Crippen LogP contribution in [0.15, 0.2) is 78.0 Å². The molecule has 3 N–H and O–H groups in total. The van der Waals surface area contributed by atoms with Crippen LogP contribution in [0.25, 0.3) is 0 Å². The van der Waals surface area contributed by atoms with Crippen molar-refractivity contribution in [1.29, 1.82) is 0 Å². The number of rotatable bonds is 11. The molecule has 7 nitrogen and oxygen atoms in total. The SMILES string of the molecule is CC(C)(C)c1ccc(S(=O)(=O)Nc2ccc(CCNCC(O)COc3cccnc3)cc2)cc1. The Balaban J connectivity index is 1.43. The first-order chi connectivity index (χ1) is 16.1. The van der Waals surface area contributed by atoms with Crippen LogP contribution < -0.4 is 14.8 Å². The summed E-state index contributed by atoms with van der Waals surface area (Å²) < 4.78 is 33.5. The van der Waals surface area contributed by atoms with Crippen molar-refractivity contribution in [2.75, 3.05) is 24.4 Å². The predicted octanol–water partition coefficient (Wildman–Crippen LogP) is 3.75. The van der Waals surface area contributed by atoms with E-state index in [-0.39, 0.29) is 16.9 Å². The van der Waals surface area contributed by atoms with Crippen LogP contribution in [0.3, 0.4) is 0 Å². The maximum Gasteiger partial charge on any atom is 0.261 e. The van der Waals surface area contributed by atoms with Crippen molar-refractivity contribution < 1.29 is 18.3 Å². The van der Waals surface area contributed by atoms with Crippen LogP contribution in [0.1, 0.15) is 31.9 Å². The van der Waals surface area contributed by atoms with Crippen molar-refractivity contribution in [2.24, 2.45) is 0 Å². The van der Waals surface area contributed by atoms with Crippen molar-refractivity contribution in [3.63, 3.8) is 0 Å². The van der Waals surface area contributed by atoms with E-state index in [1.807, 2.05) is 24.3 Å². The molecule has 1 aromatic heterocycles. The second-order valence-electron chi connectivity index (χ2n) is 9.18. The second kappa shape index (κ2) is 11.5. The molecule has 0 saturated heterocycles. The highest BCUT2D eigenvalue weighted by Gasteiger charge is 2.17. The summed E-state index contributed by atoms with van der Waals surface area (Å²) in [5.74, 6) is 0.624. The van der Waals surface area contributed by atoms with E-state index in [1.54, 1.807) is 48.8 Å². The van der Waals surface area contributed by atoms with Crippen LogP contribution in [0, 0.1) is 0 Å². The fourth-order valence-electron chi connectivity index (χ4n) is 3.27. The number of aliphatic hydroxyl groups excluding tert-OH is 1. The van der Waals surface area contributed by atoms with Gasteiger partial charge in [0, 0.05) is 18.4 Å². The molecule has 1 atom stereocenters. The summed E-state index contributed by atoms with van der Waals surface area (Å²) in [6, 6.07) is 17.9. The van der Waals surface area contributed by atoms with Gasteiger partial charge in [0.1, 0.15) is 18.5 Å². The van der Waals surface area contributed by atoms with Crippen LogP contribution in [0.4, 0.5) is 5.69 Å². The van der Waals surface area contributed by atoms with E-state index < -0.39 is 16.1 Å². The van der Waals surface area contributed by atoms with Gasteiger partial charge in [0.2, 0.25) is 0 Å². The van der Waals surface area contributed by atoms with Crippen LogP contribution in [-0.2, 0) is 21.9 Å². The van der Waals surface area contributed by atoms with Gasteiger partial charge in [-0.3, -0.25) is 9.71 Å². The van der Waals surface area contributed by atoms with E-state index in [1.165, 1.54) is 0 Å². The average Bonchev–Trinajstić information content (AvgIpc) is 2.81.